The van der Waals surface area contributed by atoms with Crippen LogP contribution in [0, 0.1) is 0 Å². The van der Waals surface area contributed by atoms with E-state index in [2.05, 4.69) is 10.6 Å². The number of anilines is 1. The highest BCUT2D eigenvalue weighted by molar-refractivity contribution is 6.37. The number of halogens is 1. The summed E-state index contributed by atoms with van der Waals surface area (Å²) in [6, 6.07) is 13.7. The minimum absolute atomic E-state index is 0.169. The lowest BCUT2D eigenvalue weighted by molar-refractivity contribution is -0.137. The van der Waals surface area contributed by atoms with Crippen molar-refractivity contribution >= 4 is 46.7 Å². The summed E-state index contributed by atoms with van der Waals surface area (Å²) < 4.78 is 4.83. The molecule has 0 fully saturated rings. The van der Waals surface area contributed by atoms with E-state index in [9.17, 15) is 14.4 Å². The van der Waals surface area contributed by atoms with E-state index in [1.54, 1.807) is 61.5 Å². The number of amides is 2. The molecule has 0 radical (unpaired) electrons. The zero-order valence-electron chi connectivity index (χ0n) is 15.0. The third-order valence-electron chi connectivity index (χ3n) is 3.94. The Morgan fingerprint density at radius 1 is 1.07 bits per heavy atom. The standard InChI is InChI=1S/C21H17ClN2O4/c1-2-28-17(25)12-5-13-3-10-16(11-4-13)23-19-18(20(26)24-21(19)27)14-6-8-15(22)9-7-14/h3-12H,2H2,1H3,(H2,23,24,26,27)/b12-5+. The van der Waals surface area contributed by atoms with Crippen LogP contribution in [0.15, 0.2) is 60.3 Å². The number of carbonyl (C=O) groups excluding carboxylic acids is 3. The van der Waals surface area contributed by atoms with Gasteiger partial charge in [0.05, 0.1) is 12.2 Å². The fourth-order valence-electron chi connectivity index (χ4n) is 2.64. The molecular formula is C21H17ClN2O4. The Morgan fingerprint density at radius 2 is 1.75 bits per heavy atom. The van der Waals surface area contributed by atoms with Crippen LogP contribution in [-0.2, 0) is 19.1 Å². The molecule has 0 bridgehead atoms. The maximum Gasteiger partial charge on any atom is 0.330 e. The summed E-state index contributed by atoms with van der Waals surface area (Å²) in [6.45, 7) is 2.06. The molecule has 2 amide bonds. The Hall–Kier alpha value is -3.38. The molecule has 2 N–H and O–H groups in total. The number of nitrogens with one attached hydrogen (secondary N) is 2. The second-order valence-corrected chi connectivity index (χ2v) is 6.31. The van der Waals surface area contributed by atoms with Gasteiger partial charge in [0.15, 0.2) is 0 Å². The molecule has 0 aliphatic carbocycles. The molecule has 0 atom stereocenters. The molecule has 6 nitrogen and oxygen atoms in total. The van der Waals surface area contributed by atoms with E-state index in [4.69, 9.17) is 16.3 Å². The van der Waals surface area contributed by atoms with Gasteiger partial charge in [0.25, 0.3) is 11.8 Å². The van der Waals surface area contributed by atoms with E-state index in [1.165, 1.54) is 6.08 Å². The van der Waals surface area contributed by atoms with Crippen LogP contribution in [0.1, 0.15) is 18.1 Å². The Bertz CT molecular complexity index is 976. The maximum atomic E-state index is 12.2. The third-order valence-corrected chi connectivity index (χ3v) is 4.19. The molecule has 7 heteroatoms. The van der Waals surface area contributed by atoms with E-state index < -0.39 is 17.8 Å². The minimum Gasteiger partial charge on any atom is -0.463 e. The van der Waals surface area contributed by atoms with Gasteiger partial charge in [0.2, 0.25) is 0 Å². The van der Waals surface area contributed by atoms with Crippen LogP contribution in [0.2, 0.25) is 5.02 Å². The number of carbonyl (C=O) groups is 3. The molecule has 0 unspecified atom stereocenters. The highest BCUT2D eigenvalue weighted by Gasteiger charge is 2.31. The third kappa shape index (κ3) is 4.47. The summed E-state index contributed by atoms with van der Waals surface area (Å²) in [6.07, 6.45) is 2.97. The monoisotopic (exact) mass is 396 g/mol. The van der Waals surface area contributed by atoms with Crippen molar-refractivity contribution in [3.63, 3.8) is 0 Å². The van der Waals surface area contributed by atoms with E-state index in [0.717, 1.165) is 5.56 Å². The molecule has 0 saturated carbocycles. The smallest absolute Gasteiger partial charge is 0.330 e. The van der Waals surface area contributed by atoms with Crippen LogP contribution in [0.5, 0.6) is 0 Å². The Kier molecular flexibility index (Phi) is 5.91. The summed E-state index contributed by atoms with van der Waals surface area (Å²) in [7, 11) is 0. The van der Waals surface area contributed by atoms with Crippen molar-refractivity contribution in [3.05, 3.63) is 76.5 Å². The number of esters is 1. The van der Waals surface area contributed by atoms with Crippen molar-refractivity contribution < 1.29 is 19.1 Å². The molecule has 1 aliphatic heterocycles. The van der Waals surface area contributed by atoms with Crippen LogP contribution in [0.4, 0.5) is 5.69 Å². The molecule has 0 spiro atoms. The lowest BCUT2D eigenvalue weighted by Crippen LogP contribution is -2.24. The Labute approximate surface area is 166 Å². The first-order chi connectivity index (χ1) is 13.5. The van der Waals surface area contributed by atoms with Crippen LogP contribution in [-0.4, -0.2) is 24.4 Å². The first-order valence-corrected chi connectivity index (χ1v) is 8.93. The van der Waals surface area contributed by atoms with Gasteiger partial charge in [0.1, 0.15) is 5.70 Å². The van der Waals surface area contributed by atoms with Gasteiger partial charge in [-0.25, -0.2) is 4.79 Å². The van der Waals surface area contributed by atoms with Crippen molar-refractivity contribution in [2.24, 2.45) is 0 Å². The van der Waals surface area contributed by atoms with Crippen molar-refractivity contribution in [2.75, 3.05) is 11.9 Å². The Morgan fingerprint density at radius 3 is 2.39 bits per heavy atom. The predicted octanol–water partition coefficient (Wildman–Crippen LogP) is 3.40. The lowest BCUT2D eigenvalue weighted by Gasteiger charge is -2.08. The van der Waals surface area contributed by atoms with Crippen LogP contribution in [0.3, 0.4) is 0 Å². The number of imide groups is 1. The largest absolute Gasteiger partial charge is 0.463 e. The highest BCUT2D eigenvalue weighted by Crippen LogP contribution is 2.26. The van der Waals surface area contributed by atoms with Crippen LogP contribution < -0.4 is 10.6 Å². The number of benzene rings is 2. The van der Waals surface area contributed by atoms with Gasteiger partial charge in [-0.05, 0) is 48.4 Å². The van der Waals surface area contributed by atoms with Crippen molar-refractivity contribution in [2.45, 2.75) is 6.92 Å². The average Bonchev–Trinajstić information content (AvgIpc) is 2.95. The topological polar surface area (TPSA) is 84.5 Å². The zero-order valence-corrected chi connectivity index (χ0v) is 15.7. The molecule has 1 aliphatic rings. The van der Waals surface area contributed by atoms with E-state index >= 15 is 0 Å². The lowest BCUT2D eigenvalue weighted by atomic mass is 10.0. The van der Waals surface area contributed by atoms with Gasteiger partial charge >= 0.3 is 5.97 Å². The van der Waals surface area contributed by atoms with E-state index in [0.29, 0.717) is 22.9 Å². The predicted molar refractivity (Wildman–Crippen MR) is 107 cm³/mol. The fourth-order valence-corrected chi connectivity index (χ4v) is 2.77. The van der Waals surface area contributed by atoms with Crippen LogP contribution >= 0.6 is 11.6 Å². The molecule has 28 heavy (non-hydrogen) atoms. The molecule has 142 valence electrons. The molecule has 3 rings (SSSR count). The average molecular weight is 397 g/mol. The molecular weight excluding hydrogens is 380 g/mol. The highest BCUT2D eigenvalue weighted by atomic mass is 35.5. The number of ether oxygens (including phenoxy) is 1. The van der Waals surface area contributed by atoms with Crippen molar-refractivity contribution in [1.82, 2.24) is 5.32 Å². The van der Waals surface area contributed by atoms with E-state index in [-0.39, 0.29) is 11.3 Å². The quantitative estimate of drug-likeness (QED) is 0.444. The number of hydrogen-bond donors (Lipinski definition) is 2. The van der Waals surface area contributed by atoms with Crippen molar-refractivity contribution in [3.8, 4) is 0 Å². The second-order valence-electron chi connectivity index (χ2n) is 5.87. The first-order valence-electron chi connectivity index (χ1n) is 8.55. The summed E-state index contributed by atoms with van der Waals surface area (Å²) in [5, 5.41) is 5.83. The second kappa shape index (κ2) is 8.54. The van der Waals surface area contributed by atoms with Gasteiger partial charge in [0, 0.05) is 16.8 Å². The van der Waals surface area contributed by atoms with Gasteiger partial charge in [-0.3, -0.25) is 14.9 Å². The number of hydrogen-bond acceptors (Lipinski definition) is 5. The summed E-state index contributed by atoms with van der Waals surface area (Å²) in [4.78, 5) is 35.8. The summed E-state index contributed by atoms with van der Waals surface area (Å²) in [5.41, 5.74) is 2.43. The normalized spacial score (nSPS) is 13.8. The minimum atomic E-state index is -0.499. The molecule has 0 saturated heterocycles. The van der Waals surface area contributed by atoms with Gasteiger partial charge in [-0.15, -0.1) is 0 Å². The number of rotatable bonds is 6. The fraction of sp³-hybridized carbons (Fsp3) is 0.0952. The molecule has 2 aromatic rings. The zero-order chi connectivity index (χ0) is 20.1. The van der Waals surface area contributed by atoms with Gasteiger partial charge < -0.3 is 10.1 Å². The summed E-state index contributed by atoms with van der Waals surface area (Å²) in [5.74, 6) is -1.38. The van der Waals surface area contributed by atoms with Crippen molar-refractivity contribution in [1.29, 1.82) is 0 Å². The Balaban J connectivity index is 1.82. The molecule has 2 aromatic carbocycles. The van der Waals surface area contributed by atoms with Gasteiger partial charge in [-0.1, -0.05) is 35.9 Å². The summed E-state index contributed by atoms with van der Waals surface area (Å²) >= 11 is 5.89. The molecule has 1 heterocycles. The first kappa shape index (κ1) is 19.4. The van der Waals surface area contributed by atoms with E-state index in [1.807, 2.05) is 0 Å². The van der Waals surface area contributed by atoms with Gasteiger partial charge in [-0.2, -0.15) is 0 Å². The molecule has 0 aromatic heterocycles. The maximum absolute atomic E-state index is 12.2. The SMILES string of the molecule is CCOC(=O)/C=C/c1ccc(NC2=C(c3ccc(Cl)cc3)C(=O)NC2=O)cc1. The van der Waals surface area contributed by atoms with Crippen LogP contribution in [0.25, 0.3) is 11.6 Å².